The number of halogens is 2. The molecule has 0 fully saturated rings. The monoisotopic (exact) mass is 804 g/mol. The van der Waals surface area contributed by atoms with Gasteiger partial charge in [-0.15, -0.1) is 47.9 Å². The molecule has 0 aliphatic heterocycles. The molecule has 44 heavy (non-hydrogen) atoms. The summed E-state index contributed by atoms with van der Waals surface area (Å²) in [6.07, 6.45) is 11.0. The van der Waals surface area contributed by atoms with Crippen molar-refractivity contribution in [2.75, 3.05) is 0 Å². The van der Waals surface area contributed by atoms with E-state index in [2.05, 4.69) is 152 Å². The Balaban J connectivity index is 0.000000273. The van der Waals surface area contributed by atoms with Crippen molar-refractivity contribution in [3.8, 4) is 11.1 Å². The third-order valence-corrected chi connectivity index (χ3v) is 15.8. The number of hydrogen-bond donors (Lipinski definition) is 0. The minimum absolute atomic E-state index is 0. The summed E-state index contributed by atoms with van der Waals surface area (Å²) < 4.78 is 0. The number of benzene rings is 4. The molecule has 4 heteroatoms. The van der Waals surface area contributed by atoms with E-state index in [4.69, 9.17) is 0 Å². The van der Waals surface area contributed by atoms with E-state index in [1.807, 2.05) is 12.2 Å². The normalized spacial score (nSPS) is 12.4. The summed E-state index contributed by atoms with van der Waals surface area (Å²) in [4.78, 5) is 0. The summed E-state index contributed by atoms with van der Waals surface area (Å²) in [6.45, 7) is 18.2. The van der Waals surface area contributed by atoms with E-state index in [-0.39, 0.29) is 35.6 Å². The molecule has 0 atom stereocenters. The van der Waals surface area contributed by atoms with Crippen molar-refractivity contribution in [1.29, 1.82) is 0 Å². The molecule has 0 aromatic heterocycles. The number of rotatable bonds is 2. The van der Waals surface area contributed by atoms with Gasteiger partial charge in [0.15, 0.2) is 0 Å². The number of hydrogen-bond acceptors (Lipinski definition) is 0. The van der Waals surface area contributed by atoms with Crippen molar-refractivity contribution in [3.05, 3.63) is 143 Å². The Morgan fingerprint density at radius 2 is 1.23 bits per heavy atom. The fraction of sp³-hybridized carbons (Fsp3) is 0.300. The van der Waals surface area contributed by atoms with Gasteiger partial charge in [-0.25, -0.2) is 12.2 Å². The Morgan fingerprint density at radius 3 is 1.66 bits per heavy atom. The maximum absolute atomic E-state index is 3.69. The summed E-state index contributed by atoms with van der Waals surface area (Å²) in [6, 6.07) is 32.7. The van der Waals surface area contributed by atoms with Gasteiger partial charge in [0.25, 0.3) is 0 Å². The first-order chi connectivity index (χ1) is 19.9. The van der Waals surface area contributed by atoms with Gasteiger partial charge in [0.2, 0.25) is 0 Å². The van der Waals surface area contributed by atoms with Crippen LogP contribution in [0.25, 0.3) is 11.1 Å². The van der Waals surface area contributed by atoms with Gasteiger partial charge in [0, 0.05) is 0 Å². The zero-order valence-corrected chi connectivity index (χ0v) is 33.7. The van der Waals surface area contributed by atoms with Crippen LogP contribution < -0.4 is 10.4 Å². The minimum atomic E-state index is -0.406. The summed E-state index contributed by atoms with van der Waals surface area (Å²) in [7, 11) is 0. The van der Waals surface area contributed by atoms with E-state index in [9.17, 15) is 0 Å². The van der Waals surface area contributed by atoms with Gasteiger partial charge in [-0.3, -0.25) is 6.08 Å². The molecule has 4 aromatic rings. The molecule has 0 heterocycles. The van der Waals surface area contributed by atoms with Gasteiger partial charge >= 0.3 is 99.5 Å². The second-order valence-electron chi connectivity index (χ2n) is 13.3. The summed E-state index contributed by atoms with van der Waals surface area (Å²) in [5.41, 5.74) is 11.2. The number of fused-ring (bicyclic) bond motifs is 3. The van der Waals surface area contributed by atoms with E-state index in [0.29, 0.717) is 0 Å². The van der Waals surface area contributed by atoms with E-state index in [1.165, 1.54) is 77.9 Å². The summed E-state index contributed by atoms with van der Waals surface area (Å²) in [5, 5.41) is 3.07. The Kier molecular flexibility index (Phi) is 14.4. The molecule has 2 aliphatic carbocycles. The van der Waals surface area contributed by atoms with Crippen LogP contribution in [0.15, 0.2) is 97.1 Å². The predicted octanol–water partition coefficient (Wildman–Crippen LogP) is 9.76. The molecular weight excluding hydrogens is 758 g/mol. The Hall–Kier alpha value is -1.97. The van der Waals surface area contributed by atoms with E-state index >= 15 is 0 Å². The first kappa shape index (κ1) is 38.2. The molecule has 2 aliphatic rings. The summed E-state index contributed by atoms with van der Waals surface area (Å²) in [5.74, 6) is 0. The molecule has 0 saturated heterocycles. The van der Waals surface area contributed by atoms with Crippen molar-refractivity contribution in [1.82, 2.24) is 0 Å². The van der Waals surface area contributed by atoms with Crippen molar-refractivity contribution >= 4 is 40.7 Å². The molecule has 0 nitrogen and oxygen atoms in total. The van der Waals surface area contributed by atoms with Crippen LogP contribution in [0.1, 0.15) is 81.3 Å². The standard InChI is InChI=1S/C23H29.C12H10Si.C5H5.2ClH.Hf/c1-14-9-16-11-17-10-15(2)21(23(6,7)8)13-19(17)18(16)12-20(14)22(3,4)5;1-3-7-11(8-4-1)13-12-9-5-2-6-10-12;1-2-4-5-3-1;;;/h9,12-13H,11H2,1-8H3;1-10H;1-3H,4H2;2*1H;/q-1;;-1;;;+2. The third-order valence-electron chi connectivity index (χ3n) is 7.79. The molecule has 6 rings (SSSR count). The topological polar surface area (TPSA) is 0 Å². The predicted molar refractivity (Wildman–Crippen MR) is 194 cm³/mol. The van der Waals surface area contributed by atoms with Crippen LogP contribution in [0.4, 0.5) is 0 Å². The molecule has 0 saturated carbocycles. The molecule has 0 spiro atoms. The zero-order valence-electron chi connectivity index (χ0n) is 27.5. The van der Waals surface area contributed by atoms with E-state index in [0.717, 1.165) is 12.8 Å². The van der Waals surface area contributed by atoms with E-state index < -0.39 is 5.49 Å². The zero-order chi connectivity index (χ0) is 30.5. The molecule has 0 bridgehead atoms. The molecule has 0 unspecified atom stereocenters. The van der Waals surface area contributed by atoms with Gasteiger partial charge in [-0.2, -0.15) is 23.8 Å². The summed E-state index contributed by atoms with van der Waals surface area (Å²) >= 11 is 1.27. The van der Waals surface area contributed by atoms with Crippen LogP contribution in [0.2, 0.25) is 0 Å². The van der Waals surface area contributed by atoms with Gasteiger partial charge in [-0.1, -0.05) is 71.6 Å². The third kappa shape index (κ3) is 9.76. The molecule has 4 aromatic carbocycles. The van der Waals surface area contributed by atoms with Gasteiger partial charge in [0.1, 0.15) is 0 Å². The second-order valence-corrected chi connectivity index (χ2v) is 20.6. The van der Waals surface area contributed by atoms with Gasteiger partial charge in [0.05, 0.1) is 0 Å². The average molecular weight is 804 g/mol. The van der Waals surface area contributed by atoms with Gasteiger partial charge in [-0.05, 0) is 35.4 Å². The van der Waals surface area contributed by atoms with Crippen LogP contribution in [0.5, 0.6) is 0 Å². The Labute approximate surface area is 294 Å². The quantitative estimate of drug-likeness (QED) is 0.123. The SMILES string of the molecule is Cc1[c-]c2c(cc1C(C)(C)C)-c1cc(C(C)(C)C)c(C)cc1C2.Cl.Cl.[C-]1=CC=CC1.[Hf+2]=[Si](c1ccccc1)c1ccccc1. The molecule has 0 radical (unpaired) electrons. The molecule has 228 valence electrons. The second kappa shape index (κ2) is 16.5. The van der Waals surface area contributed by atoms with Crippen LogP contribution in [0, 0.1) is 26.0 Å². The maximum atomic E-state index is 3.69. The molecule has 0 N–H and O–H groups in total. The van der Waals surface area contributed by atoms with Crippen LogP contribution in [-0.2, 0) is 40.3 Å². The average Bonchev–Trinajstić information content (AvgIpc) is 3.63. The van der Waals surface area contributed by atoms with Crippen LogP contribution in [0.3, 0.4) is 0 Å². The van der Waals surface area contributed by atoms with Crippen LogP contribution >= 0.6 is 24.8 Å². The van der Waals surface area contributed by atoms with Crippen molar-refractivity contribution in [3.63, 3.8) is 0 Å². The number of aryl methyl sites for hydroxylation is 2. The van der Waals surface area contributed by atoms with Crippen LogP contribution in [-0.4, -0.2) is 5.49 Å². The fourth-order valence-electron chi connectivity index (χ4n) is 5.74. The van der Waals surface area contributed by atoms with Crippen molar-refractivity contribution < 1.29 is 23.0 Å². The Bertz CT molecular complexity index is 1490. The van der Waals surface area contributed by atoms with E-state index in [1.54, 1.807) is 0 Å². The fourth-order valence-corrected chi connectivity index (χ4v) is 10.7. The van der Waals surface area contributed by atoms with Crippen molar-refractivity contribution in [2.24, 2.45) is 0 Å². The van der Waals surface area contributed by atoms with Crippen molar-refractivity contribution in [2.45, 2.75) is 79.1 Å². The Morgan fingerprint density at radius 1 is 0.705 bits per heavy atom. The molecule has 0 amide bonds. The molecular formula is C40H46Cl2HfSi. The number of allylic oxidation sites excluding steroid dienone is 4. The van der Waals surface area contributed by atoms with Gasteiger partial charge < -0.3 is 0 Å². The first-order valence-electron chi connectivity index (χ1n) is 15.0. The first-order valence-corrected chi connectivity index (χ1v) is 21.9.